The third-order valence-corrected chi connectivity index (χ3v) is 8.35. The van der Waals surface area contributed by atoms with E-state index in [0.29, 0.717) is 36.4 Å². The number of carbonyl (C=O) groups excluding carboxylic acids is 4. The van der Waals surface area contributed by atoms with Crippen LogP contribution in [0.25, 0.3) is 0 Å². The van der Waals surface area contributed by atoms with Gasteiger partial charge in [-0.05, 0) is 87.3 Å². The Morgan fingerprint density at radius 3 is 1.91 bits per heavy atom. The third kappa shape index (κ3) is 3.97. The maximum Gasteiger partial charge on any atom is 0.337 e. The Labute approximate surface area is 199 Å². The fourth-order valence-electron chi connectivity index (χ4n) is 7.36. The Morgan fingerprint density at radius 1 is 0.882 bits per heavy atom. The van der Waals surface area contributed by atoms with Gasteiger partial charge in [0, 0.05) is 12.2 Å². The van der Waals surface area contributed by atoms with Crippen LogP contribution in [0.1, 0.15) is 72.1 Å². The van der Waals surface area contributed by atoms with Crippen LogP contribution in [0.4, 0.5) is 5.69 Å². The number of methoxy groups -OCH3 is 2. The lowest BCUT2D eigenvalue weighted by molar-refractivity contribution is -0.160. The summed E-state index contributed by atoms with van der Waals surface area (Å²) >= 11 is 0. The van der Waals surface area contributed by atoms with Gasteiger partial charge in [0.1, 0.15) is 6.04 Å². The van der Waals surface area contributed by atoms with Crippen molar-refractivity contribution in [3.05, 3.63) is 29.3 Å². The summed E-state index contributed by atoms with van der Waals surface area (Å²) in [7, 11) is 2.50. The van der Waals surface area contributed by atoms with E-state index in [0.717, 1.165) is 25.7 Å². The summed E-state index contributed by atoms with van der Waals surface area (Å²) in [5.41, 5.74) is 0.269. The van der Waals surface area contributed by atoms with Crippen molar-refractivity contribution < 1.29 is 28.7 Å². The molecular weight excluding hydrogens is 436 g/mol. The molecule has 1 saturated heterocycles. The van der Waals surface area contributed by atoms with Gasteiger partial charge in [-0.3, -0.25) is 9.59 Å². The molecule has 34 heavy (non-hydrogen) atoms. The molecule has 2 amide bonds. The van der Waals surface area contributed by atoms with E-state index >= 15 is 0 Å². The molecule has 8 heteroatoms. The maximum absolute atomic E-state index is 13.9. The molecule has 6 rings (SSSR count). The highest BCUT2D eigenvalue weighted by Crippen LogP contribution is 2.60. The van der Waals surface area contributed by atoms with Gasteiger partial charge >= 0.3 is 11.9 Å². The molecule has 4 aliphatic carbocycles. The minimum absolute atomic E-state index is 0.133. The Bertz CT molecular complexity index is 965. The van der Waals surface area contributed by atoms with Crippen LogP contribution in [-0.4, -0.2) is 55.5 Å². The predicted molar refractivity (Wildman–Crippen MR) is 123 cm³/mol. The van der Waals surface area contributed by atoms with Crippen molar-refractivity contribution in [3.63, 3.8) is 0 Å². The maximum atomic E-state index is 13.9. The average molecular weight is 469 g/mol. The van der Waals surface area contributed by atoms with E-state index in [1.807, 2.05) is 0 Å². The van der Waals surface area contributed by atoms with Crippen molar-refractivity contribution in [1.82, 2.24) is 4.90 Å². The van der Waals surface area contributed by atoms with Crippen LogP contribution in [0, 0.1) is 23.2 Å². The number of ether oxygens (including phenoxy) is 2. The van der Waals surface area contributed by atoms with Gasteiger partial charge in [-0.1, -0.05) is 0 Å². The first-order valence-electron chi connectivity index (χ1n) is 12.3. The first kappa shape index (κ1) is 22.9. The summed E-state index contributed by atoms with van der Waals surface area (Å²) in [6.07, 6.45) is 8.06. The van der Waals surface area contributed by atoms with Crippen molar-refractivity contribution in [2.24, 2.45) is 23.2 Å². The predicted octanol–water partition coefficient (Wildman–Crippen LogP) is 3.41. The van der Waals surface area contributed by atoms with Crippen molar-refractivity contribution in [2.45, 2.75) is 57.4 Å². The van der Waals surface area contributed by atoms with Gasteiger partial charge < -0.3 is 19.7 Å². The summed E-state index contributed by atoms with van der Waals surface area (Å²) in [6.45, 7) is 0.592. The van der Waals surface area contributed by atoms with Crippen molar-refractivity contribution in [1.29, 1.82) is 0 Å². The number of esters is 2. The molecule has 0 radical (unpaired) electrons. The molecule has 1 atom stereocenters. The minimum Gasteiger partial charge on any atom is -0.465 e. The van der Waals surface area contributed by atoms with Gasteiger partial charge in [0.05, 0.1) is 30.8 Å². The number of hydrogen-bond acceptors (Lipinski definition) is 6. The van der Waals surface area contributed by atoms with Crippen molar-refractivity contribution in [2.75, 3.05) is 26.1 Å². The van der Waals surface area contributed by atoms with E-state index in [2.05, 4.69) is 5.32 Å². The fourth-order valence-corrected chi connectivity index (χ4v) is 7.36. The Kier molecular flexibility index (Phi) is 5.86. The highest BCUT2D eigenvalue weighted by atomic mass is 16.5. The summed E-state index contributed by atoms with van der Waals surface area (Å²) in [5, 5.41) is 2.83. The second-order valence-electron chi connectivity index (χ2n) is 10.6. The van der Waals surface area contributed by atoms with Crippen LogP contribution in [0.2, 0.25) is 0 Å². The molecule has 4 saturated carbocycles. The first-order valence-corrected chi connectivity index (χ1v) is 12.3. The lowest BCUT2D eigenvalue weighted by Gasteiger charge is -2.56. The molecule has 1 aliphatic heterocycles. The highest BCUT2D eigenvalue weighted by molar-refractivity contribution is 6.02. The van der Waals surface area contributed by atoms with Gasteiger partial charge in [0.2, 0.25) is 11.8 Å². The summed E-state index contributed by atoms with van der Waals surface area (Å²) in [5.74, 6) is 0.575. The summed E-state index contributed by atoms with van der Waals surface area (Å²) in [6, 6.07) is 3.75. The zero-order valence-corrected chi connectivity index (χ0v) is 19.8. The van der Waals surface area contributed by atoms with Crippen molar-refractivity contribution >= 4 is 29.4 Å². The Balaban J connectivity index is 1.35. The average Bonchev–Trinajstić information content (AvgIpc) is 3.31. The summed E-state index contributed by atoms with van der Waals surface area (Å²) in [4.78, 5) is 53.1. The zero-order chi connectivity index (χ0) is 24.0. The van der Waals surface area contributed by atoms with Crippen LogP contribution >= 0.6 is 0 Å². The Morgan fingerprint density at radius 2 is 1.41 bits per heavy atom. The molecule has 1 heterocycles. The van der Waals surface area contributed by atoms with Gasteiger partial charge in [-0.25, -0.2) is 9.59 Å². The summed E-state index contributed by atoms with van der Waals surface area (Å²) < 4.78 is 9.55. The zero-order valence-electron chi connectivity index (χ0n) is 19.8. The molecule has 8 nitrogen and oxygen atoms in total. The van der Waals surface area contributed by atoms with Crippen LogP contribution in [0.15, 0.2) is 18.2 Å². The number of nitrogens with zero attached hydrogens (tertiary/aromatic N) is 1. The molecule has 4 bridgehead atoms. The van der Waals surface area contributed by atoms with Crippen LogP contribution < -0.4 is 5.32 Å². The number of likely N-dealkylation sites (tertiary alicyclic amines) is 1. The number of nitrogens with one attached hydrogen (secondary N) is 1. The number of benzene rings is 1. The van der Waals surface area contributed by atoms with Crippen molar-refractivity contribution in [3.8, 4) is 0 Å². The molecule has 182 valence electrons. The molecular formula is C26H32N2O6. The number of anilines is 1. The number of carbonyl (C=O) groups is 4. The number of rotatable bonds is 5. The molecule has 1 aromatic carbocycles. The van der Waals surface area contributed by atoms with E-state index < -0.39 is 18.0 Å². The van der Waals surface area contributed by atoms with Gasteiger partial charge in [0.25, 0.3) is 0 Å². The van der Waals surface area contributed by atoms with Crippen LogP contribution in [-0.2, 0) is 19.1 Å². The van der Waals surface area contributed by atoms with E-state index in [4.69, 9.17) is 9.47 Å². The van der Waals surface area contributed by atoms with Crippen LogP contribution in [0.5, 0.6) is 0 Å². The van der Waals surface area contributed by atoms with Gasteiger partial charge in [-0.2, -0.15) is 0 Å². The lowest BCUT2D eigenvalue weighted by atomic mass is 9.49. The molecule has 1 unspecified atom stereocenters. The second-order valence-corrected chi connectivity index (χ2v) is 10.6. The molecule has 1 N–H and O–H groups in total. The largest absolute Gasteiger partial charge is 0.465 e. The van der Waals surface area contributed by atoms with E-state index in [1.165, 1.54) is 51.7 Å². The lowest BCUT2D eigenvalue weighted by Crippen LogP contribution is -2.56. The monoisotopic (exact) mass is 468 g/mol. The SMILES string of the molecule is COC(=O)c1cc(NC(=O)C2CCCN2C(=O)C23CC4CC(CC(C4)C2)C3)cc(C(=O)OC)c1. The number of amides is 2. The fraction of sp³-hybridized carbons (Fsp3) is 0.615. The first-order chi connectivity index (χ1) is 16.3. The topological polar surface area (TPSA) is 102 Å². The standard InChI is InChI=1S/C26H32N2O6/c1-33-23(30)18-9-19(24(31)34-2)11-20(10-18)27-22(29)21-4-3-5-28(21)25(32)26-12-15-6-16(13-26)8-17(7-15)14-26/h9-11,15-17,21H,3-8,12-14H2,1-2H3,(H,27,29). The smallest absolute Gasteiger partial charge is 0.337 e. The second kappa shape index (κ2) is 8.71. The van der Waals surface area contributed by atoms with Gasteiger partial charge in [0.15, 0.2) is 0 Å². The number of hydrogen-bond donors (Lipinski definition) is 1. The molecule has 0 aromatic heterocycles. The van der Waals surface area contributed by atoms with E-state index in [9.17, 15) is 19.2 Å². The molecule has 0 spiro atoms. The normalized spacial score (nSPS) is 31.3. The van der Waals surface area contributed by atoms with Crippen LogP contribution in [0.3, 0.4) is 0 Å². The quantitative estimate of drug-likeness (QED) is 0.665. The molecule has 5 aliphatic rings. The third-order valence-electron chi connectivity index (χ3n) is 8.35. The van der Waals surface area contributed by atoms with E-state index in [-0.39, 0.29) is 28.4 Å². The van der Waals surface area contributed by atoms with E-state index in [1.54, 1.807) is 4.90 Å². The van der Waals surface area contributed by atoms with Gasteiger partial charge in [-0.15, -0.1) is 0 Å². The highest BCUT2D eigenvalue weighted by Gasteiger charge is 2.56. The minimum atomic E-state index is -0.624. The Hall–Kier alpha value is -2.90. The molecule has 1 aromatic rings. The molecule has 5 fully saturated rings.